The number of hydrogen-bond donors (Lipinski definition) is 1. The largest absolute Gasteiger partial charge is 0.343 e. The van der Waals surface area contributed by atoms with E-state index in [-0.39, 0.29) is 5.69 Å². The van der Waals surface area contributed by atoms with Gasteiger partial charge < -0.3 is 0 Å². The average molecular weight is 303 g/mol. The Hall–Kier alpha value is -2.35. The molecule has 0 radical (unpaired) electrons. The summed E-state index contributed by atoms with van der Waals surface area (Å²) in [7, 11) is 0. The molecule has 108 valence electrons. The average Bonchev–Trinajstić information content (AvgIpc) is 3.02. The molecule has 0 fully saturated rings. The maximum Gasteiger partial charge on any atom is 0.343 e. The molecule has 0 bridgehead atoms. The highest BCUT2D eigenvalue weighted by Crippen LogP contribution is 2.27. The van der Waals surface area contributed by atoms with Crippen LogP contribution in [0.5, 0.6) is 0 Å². The molecule has 0 unspecified atom stereocenters. The molecule has 0 aliphatic rings. The lowest BCUT2D eigenvalue weighted by Crippen LogP contribution is -2.17. The first-order valence-corrected chi connectivity index (χ1v) is 7.31. The Morgan fingerprint density at radius 1 is 1.43 bits per heavy atom. The van der Waals surface area contributed by atoms with Gasteiger partial charge in [0.1, 0.15) is 16.4 Å². The van der Waals surface area contributed by atoms with E-state index < -0.39 is 0 Å². The van der Waals surface area contributed by atoms with Crippen molar-refractivity contribution in [1.82, 2.24) is 24.1 Å². The fourth-order valence-corrected chi connectivity index (χ4v) is 3.00. The van der Waals surface area contributed by atoms with Gasteiger partial charge in [-0.2, -0.15) is 0 Å². The van der Waals surface area contributed by atoms with Crippen molar-refractivity contribution in [3.63, 3.8) is 0 Å². The first kappa shape index (κ1) is 13.6. The minimum atomic E-state index is -0.254. The third kappa shape index (κ3) is 2.38. The van der Waals surface area contributed by atoms with Gasteiger partial charge in [-0.3, -0.25) is 13.8 Å². The number of nitrogens with one attached hydrogen (secondary N) is 1. The first-order chi connectivity index (χ1) is 10.2. The number of nitrogens with zero attached hydrogens (tertiary/aromatic N) is 4. The van der Waals surface area contributed by atoms with E-state index in [4.69, 9.17) is 0 Å². The Balaban J connectivity index is 2.06. The minimum Gasteiger partial charge on any atom is -0.296 e. The second-order valence-electron chi connectivity index (χ2n) is 4.41. The smallest absolute Gasteiger partial charge is 0.296 e. The molecule has 8 heteroatoms. The minimum absolute atomic E-state index is 0.254. The fourth-order valence-electron chi connectivity index (χ4n) is 2.06. The van der Waals surface area contributed by atoms with Crippen LogP contribution in [0.1, 0.15) is 23.8 Å². The summed E-state index contributed by atoms with van der Waals surface area (Å²) >= 11 is 1.21. The SMILES string of the molecule is CCCn1c(Sc2nc3ccccn3c2C=O)n[nH]c1=O. The van der Waals surface area contributed by atoms with Crippen LogP contribution < -0.4 is 5.69 Å². The quantitative estimate of drug-likeness (QED) is 0.724. The van der Waals surface area contributed by atoms with Crippen molar-refractivity contribution in [1.29, 1.82) is 0 Å². The molecule has 21 heavy (non-hydrogen) atoms. The molecular formula is C13H13N5O2S. The topological polar surface area (TPSA) is 85.0 Å². The summed E-state index contributed by atoms with van der Waals surface area (Å²) in [4.78, 5) is 27.4. The molecule has 3 aromatic rings. The zero-order valence-electron chi connectivity index (χ0n) is 11.3. The zero-order valence-corrected chi connectivity index (χ0v) is 12.1. The summed E-state index contributed by atoms with van der Waals surface area (Å²) in [6, 6.07) is 5.51. The molecule has 0 saturated carbocycles. The van der Waals surface area contributed by atoms with Crippen LogP contribution >= 0.6 is 11.8 Å². The van der Waals surface area contributed by atoms with E-state index in [1.807, 2.05) is 25.1 Å². The number of aromatic nitrogens is 5. The van der Waals surface area contributed by atoms with Crippen molar-refractivity contribution in [3.8, 4) is 0 Å². The first-order valence-electron chi connectivity index (χ1n) is 6.50. The van der Waals surface area contributed by atoms with Crippen LogP contribution in [0.4, 0.5) is 0 Å². The number of rotatable bonds is 5. The molecule has 3 heterocycles. The van der Waals surface area contributed by atoms with Gasteiger partial charge in [-0.05, 0) is 30.3 Å². The molecule has 0 atom stereocenters. The van der Waals surface area contributed by atoms with Gasteiger partial charge in [-0.25, -0.2) is 14.9 Å². The van der Waals surface area contributed by atoms with Crippen LogP contribution in [0.15, 0.2) is 39.4 Å². The third-order valence-corrected chi connectivity index (χ3v) is 3.99. The summed E-state index contributed by atoms with van der Waals surface area (Å²) in [5, 5.41) is 7.47. The Kier molecular flexibility index (Phi) is 3.61. The fraction of sp³-hybridized carbons (Fsp3) is 0.231. The maximum absolute atomic E-state index is 11.7. The Morgan fingerprint density at radius 2 is 2.29 bits per heavy atom. The standard InChI is InChI=1S/C13H13N5O2S/c1-2-6-18-12(20)15-16-13(18)21-11-9(8-19)17-7-4-3-5-10(17)14-11/h3-5,7-8H,2,6H2,1H3,(H,15,20). The second kappa shape index (κ2) is 5.57. The monoisotopic (exact) mass is 303 g/mol. The number of carbonyl (C=O) groups excluding carboxylic acids is 1. The Labute approximate surface area is 124 Å². The van der Waals surface area contributed by atoms with Crippen molar-refractivity contribution in [2.75, 3.05) is 0 Å². The Bertz CT molecular complexity index is 848. The van der Waals surface area contributed by atoms with Gasteiger partial charge >= 0.3 is 5.69 Å². The van der Waals surface area contributed by atoms with E-state index in [1.165, 1.54) is 11.8 Å². The van der Waals surface area contributed by atoms with Crippen molar-refractivity contribution < 1.29 is 4.79 Å². The van der Waals surface area contributed by atoms with E-state index in [0.717, 1.165) is 12.7 Å². The van der Waals surface area contributed by atoms with Crippen LogP contribution in [-0.2, 0) is 6.54 Å². The number of aldehydes is 1. The lowest BCUT2D eigenvalue weighted by atomic mass is 10.4. The summed E-state index contributed by atoms with van der Waals surface area (Å²) in [6.07, 6.45) is 3.36. The molecule has 0 amide bonds. The third-order valence-electron chi connectivity index (χ3n) is 3.00. The number of hydrogen-bond acceptors (Lipinski definition) is 5. The molecular weight excluding hydrogens is 290 g/mol. The maximum atomic E-state index is 11.7. The van der Waals surface area contributed by atoms with Gasteiger partial charge in [0.2, 0.25) is 0 Å². The number of H-pyrrole nitrogens is 1. The number of fused-ring (bicyclic) bond motifs is 1. The Morgan fingerprint density at radius 3 is 3.05 bits per heavy atom. The van der Waals surface area contributed by atoms with E-state index in [2.05, 4.69) is 15.2 Å². The number of aromatic amines is 1. The zero-order chi connectivity index (χ0) is 14.8. The van der Waals surface area contributed by atoms with E-state index >= 15 is 0 Å². The molecule has 0 aliphatic carbocycles. The molecule has 1 N–H and O–H groups in total. The van der Waals surface area contributed by atoms with Gasteiger partial charge in [0.25, 0.3) is 0 Å². The van der Waals surface area contributed by atoms with Gasteiger partial charge in [-0.15, -0.1) is 5.10 Å². The summed E-state index contributed by atoms with van der Waals surface area (Å²) in [5.41, 5.74) is 0.881. The van der Waals surface area contributed by atoms with Gasteiger partial charge in [0, 0.05) is 12.7 Å². The number of carbonyl (C=O) groups is 1. The van der Waals surface area contributed by atoms with Crippen LogP contribution in [0.25, 0.3) is 5.65 Å². The lowest BCUT2D eigenvalue weighted by molar-refractivity contribution is 0.111. The van der Waals surface area contributed by atoms with Gasteiger partial charge in [-0.1, -0.05) is 13.0 Å². The predicted molar refractivity (Wildman–Crippen MR) is 77.8 cm³/mol. The van der Waals surface area contributed by atoms with Crippen molar-refractivity contribution in [3.05, 3.63) is 40.6 Å². The van der Waals surface area contributed by atoms with Crippen molar-refractivity contribution in [2.24, 2.45) is 0 Å². The van der Waals surface area contributed by atoms with E-state index in [9.17, 15) is 9.59 Å². The summed E-state index contributed by atoms with van der Waals surface area (Å²) < 4.78 is 3.26. The molecule has 0 aliphatic heterocycles. The van der Waals surface area contributed by atoms with E-state index in [0.29, 0.717) is 28.1 Å². The van der Waals surface area contributed by atoms with Crippen molar-refractivity contribution in [2.45, 2.75) is 30.1 Å². The number of imidazole rings is 1. The summed E-state index contributed by atoms with van der Waals surface area (Å²) in [5.74, 6) is 0. The second-order valence-corrected chi connectivity index (χ2v) is 5.37. The van der Waals surface area contributed by atoms with Crippen LogP contribution in [-0.4, -0.2) is 30.4 Å². The van der Waals surface area contributed by atoms with Crippen LogP contribution in [0.2, 0.25) is 0 Å². The predicted octanol–water partition coefficient (Wildman–Crippen LogP) is 1.59. The molecule has 3 aromatic heterocycles. The lowest BCUT2D eigenvalue weighted by Gasteiger charge is -2.01. The van der Waals surface area contributed by atoms with Gasteiger partial charge in [0.15, 0.2) is 11.4 Å². The van der Waals surface area contributed by atoms with Gasteiger partial charge in [0.05, 0.1) is 0 Å². The molecule has 0 spiro atoms. The molecule has 0 aromatic carbocycles. The van der Waals surface area contributed by atoms with Crippen molar-refractivity contribution >= 4 is 23.7 Å². The molecule has 0 saturated heterocycles. The van der Waals surface area contributed by atoms with Crippen LogP contribution in [0.3, 0.4) is 0 Å². The highest BCUT2D eigenvalue weighted by Gasteiger charge is 2.16. The van der Waals surface area contributed by atoms with Crippen LogP contribution in [0, 0.1) is 0 Å². The van der Waals surface area contributed by atoms with E-state index in [1.54, 1.807) is 15.2 Å². The number of pyridine rings is 1. The summed E-state index contributed by atoms with van der Waals surface area (Å²) in [6.45, 7) is 2.55. The normalized spacial score (nSPS) is 11.1. The molecule has 7 nitrogen and oxygen atoms in total. The highest BCUT2D eigenvalue weighted by molar-refractivity contribution is 7.99. The molecule has 3 rings (SSSR count). The highest BCUT2D eigenvalue weighted by atomic mass is 32.2.